The molecule has 3 aliphatic carbocycles. The Kier molecular flexibility index (Phi) is 5.87. The third kappa shape index (κ3) is 3.39. The predicted molar refractivity (Wildman–Crippen MR) is 129 cm³/mol. The van der Waals surface area contributed by atoms with E-state index in [2.05, 4.69) is 34.6 Å². The van der Waals surface area contributed by atoms with Crippen molar-refractivity contribution in [1.82, 2.24) is 0 Å². The lowest BCUT2D eigenvalue weighted by Gasteiger charge is -2.45. The van der Waals surface area contributed by atoms with Gasteiger partial charge in [0.05, 0.1) is 16.7 Å². The molecule has 0 aromatic heterocycles. The first-order chi connectivity index (χ1) is 15.7. The van der Waals surface area contributed by atoms with Crippen molar-refractivity contribution in [2.45, 2.75) is 85.2 Å². The molecule has 0 spiro atoms. The van der Waals surface area contributed by atoms with Crippen molar-refractivity contribution in [2.24, 2.45) is 40.4 Å². The number of hydrogen-bond acceptors (Lipinski definition) is 6. The minimum absolute atomic E-state index is 0.0985. The van der Waals surface area contributed by atoms with Crippen molar-refractivity contribution in [2.75, 3.05) is 0 Å². The first kappa shape index (κ1) is 25.0. The Morgan fingerprint density at radius 3 is 1.88 bits per heavy atom. The standard InChI is InChI=1S/C28H40O6/c1-14(2)11-19(20-24(32)15(12-29)23(31)16(13-30)25(20)33)27(5)9-7-18-22(27)21-17(26(21,3)4)8-10-28(18,6)34/h12-14,17-19,21-22,31-34H,7-11H2,1-6H3/t17?,18?,19?,21?,22?,27-,28-/m1/s1. The number of rotatable bonds is 6. The van der Waals surface area contributed by atoms with E-state index >= 15 is 0 Å². The molecule has 1 aromatic rings. The highest BCUT2D eigenvalue weighted by Crippen LogP contribution is 2.76. The molecule has 6 nitrogen and oxygen atoms in total. The Hall–Kier alpha value is -2.08. The third-order valence-electron chi connectivity index (χ3n) is 10.1. The summed E-state index contributed by atoms with van der Waals surface area (Å²) in [6.07, 6.45) is 4.71. The van der Waals surface area contributed by atoms with Gasteiger partial charge >= 0.3 is 0 Å². The van der Waals surface area contributed by atoms with Crippen LogP contribution in [0.2, 0.25) is 0 Å². The van der Waals surface area contributed by atoms with Crippen molar-refractivity contribution < 1.29 is 30.0 Å². The topological polar surface area (TPSA) is 115 Å². The Morgan fingerprint density at radius 2 is 1.38 bits per heavy atom. The summed E-state index contributed by atoms with van der Waals surface area (Å²) in [7, 11) is 0. The molecule has 34 heavy (non-hydrogen) atoms. The Balaban J connectivity index is 1.94. The van der Waals surface area contributed by atoms with Gasteiger partial charge in [-0.15, -0.1) is 0 Å². The van der Waals surface area contributed by atoms with Crippen LogP contribution < -0.4 is 0 Å². The van der Waals surface area contributed by atoms with Gasteiger partial charge in [-0.1, -0.05) is 34.6 Å². The zero-order valence-electron chi connectivity index (χ0n) is 21.3. The molecule has 0 radical (unpaired) electrons. The van der Waals surface area contributed by atoms with Crippen LogP contribution >= 0.6 is 0 Å². The summed E-state index contributed by atoms with van der Waals surface area (Å²) in [4.78, 5) is 23.6. The van der Waals surface area contributed by atoms with Crippen LogP contribution in [-0.4, -0.2) is 38.6 Å². The second-order valence-corrected chi connectivity index (χ2v) is 12.7. The average molecular weight is 473 g/mol. The summed E-state index contributed by atoms with van der Waals surface area (Å²) in [5.74, 6) is -0.524. The molecule has 0 bridgehead atoms. The number of phenolic OH excluding ortho intramolecular Hbond substituents is 3. The lowest BCUT2D eigenvalue weighted by molar-refractivity contribution is -0.0441. The highest BCUT2D eigenvalue weighted by Gasteiger charge is 2.70. The van der Waals surface area contributed by atoms with Crippen LogP contribution in [0.5, 0.6) is 17.2 Å². The molecular formula is C28H40O6. The first-order valence-electron chi connectivity index (χ1n) is 12.7. The predicted octanol–water partition coefficient (Wildman–Crippen LogP) is 5.41. The van der Waals surface area contributed by atoms with E-state index in [1.165, 1.54) is 0 Å². The molecular weight excluding hydrogens is 432 g/mol. The maximum Gasteiger partial charge on any atom is 0.157 e. The van der Waals surface area contributed by atoms with E-state index in [1.807, 2.05) is 6.92 Å². The van der Waals surface area contributed by atoms with Crippen LogP contribution in [0.4, 0.5) is 0 Å². The molecule has 3 fully saturated rings. The van der Waals surface area contributed by atoms with E-state index < -0.39 is 22.8 Å². The van der Waals surface area contributed by atoms with Gasteiger partial charge in [-0.2, -0.15) is 0 Å². The molecule has 4 rings (SSSR count). The molecule has 3 aliphatic rings. The zero-order valence-corrected chi connectivity index (χ0v) is 21.3. The Bertz CT molecular complexity index is 974. The monoisotopic (exact) mass is 472 g/mol. The van der Waals surface area contributed by atoms with Crippen molar-refractivity contribution in [1.29, 1.82) is 0 Å². The van der Waals surface area contributed by atoms with Gasteiger partial charge in [-0.05, 0) is 85.4 Å². The van der Waals surface area contributed by atoms with E-state index in [4.69, 9.17) is 0 Å². The lowest BCUT2D eigenvalue weighted by Crippen LogP contribution is -2.42. The summed E-state index contributed by atoms with van der Waals surface area (Å²) < 4.78 is 0. The fraction of sp³-hybridized carbons (Fsp3) is 0.714. The van der Waals surface area contributed by atoms with Crippen molar-refractivity contribution in [3.05, 3.63) is 16.7 Å². The third-order valence-corrected chi connectivity index (χ3v) is 10.1. The number of hydrogen-bond donors (Lipinski definition) is 4. The molecule has 7 atom stereocenters. The number of aliphatic hydroxyl groups is 1. The first-order valence-corrected chi connectivity index (χ1v) is 12.7. The van der Waals surface area contributed by atoms with Crippen LogP contribution in [0.3, 0.4) is 0 Å². The van der Waals surface area contributed by atoms with E-state index in [0.717, 1.165) is 25.7 Å². The number of carbonyl (C=O) groups excluding carboxylic acids is 2. The number of benzene rings is 1. The number of aromatic hydroxyl groups is 3. The van der Waals surface area contributed by atoms with Crippen LogP contribution in [0.15, 0.2) is 0 Å². The SMILES string of the molecule is CC(C)CC(c1c(O)c(C=O)c(O)c(C=O)c1O)[C@@]1(C)CCC2C1C1C(CC[C@@]2(C)O)C1(C)C. The van der Waals surface area contributed by atoms with Crippen LogP contribution in [0.1, 0.15) is 106 Å². The molecule has 3 saturated carbocycles. The van der Waals surface area contributed by atoms with Crippen LogP contribution in [0, 0.1) is 40.4 Å². The molecule has 0 amide bonds. The highest BCUT2D eigenvalue weighted by atomic mass is 16.3. The van der Waals surface area contributed by atoms with Gasteiger partial charge < -0.3 is 20.4 Å². The van der Waals surface area contributed by atoms with Crippen LogP contribution in [-0.2, 0) is 0 Å². The van der Waals surface area contributed by atoms with E-state index in [-0.39, 0.29) is 51.2 Å². The molecule has 188 valence electrons. The number of aldehydes is 2. The zero-order chi connectivity index (χ0) is 25.4. The Labute approximate surface area is 202 Å². The maximum atomic E-state index is 11.8. The van der Waals surface area contributed by atoms with Gasteiger partial charge in [0.2, 0.25) is 0 Å². The van der Waals surface area contributed by atoms with E-state index in [0.29, 0.717) is 30.8 Å². The summed E-state index contributed by atoms with van der Waals surface area (Å²) in [6.45, 7) is 12.9. The fourth-order valence-electron chi connectivity index (χ4n) is 8.23. The van der Waals surface area contributed by atoms with Crippen molar-refractivity contribution >= 4 is 12.6 Å². The number of carbonyl (C=O) groups is 2. The average Bonchev–Trinajstić information content (AvgIpc) is 3.13. The van der Waals surface area contributed by atoms with Crippen molar-refractivity contribution in [3.8, 4) is 17.2 Å². The summed E-state index contributed by atoms with van der Waals surface area (Å²) in [5, 5.41) is 44.1. The maximum absolute atomic E-state index is 11.8. The minimum atomic E-state index is -0.782. The normalized spacial score (nSPS) is 36.9. The van der Waals surface area contributed by atoms with Gasteiger partial charge in [-0.3, -0.25) is 9.59 Å². The Morgan fingerprint density at radius 1 is 0.853 bits per heavy atom. The van der Waals surface area contributed by atoms with E-state index in [9.17, 15) is 30.0 Å². The molecule has 0 aliphatic heterocycles. The summed E-state index contributed by atoms with van der Waals surface area (Å²) in [5.41, 5.74) is -1.55. The quantitative estimate of drug-likeness (QED) is 0.412. The highest BCUT2D eigenvalue weighted by molar-refractivity contribution is 5.95. The fourth-order valence-corrected chi connectivity index (χ4v) is 8.23. The lowest BCUT2D eigenvalue weighted by atomic mass is 9.59. The molecule has 5 unspecified atom stereocenters. The number of fused-ring (bicyclic) bond motifs is 3. The van der Waals surface area contributed by atoms with Gasteiger partial charge in [0, 0.05) is 5.56 Å². The molecule has 0 saturated heterocycles. The summed E-state index contributed by atoms with van der Waals surface area (Å²) in [6, 6.07) is 0. The summed E-state index contributed by atoms with van der Waals surface area (Å²) >= 11 is 0. The second-order valence-electron chi connectivity index (χ2n) is 12.7. The van der Waals surface area contributed by atoms with Gasteiger partial charge in [-0.25, -0.2) is 0 Å². The molecule has 0 heterocycles. The largest absolute Gasteiger partial charge is 0.507 e. The molecule has 1 aromatic carbocycles. The van der Waals surface area contributed by atoms with Gasteiger partial charge in [0.1, 0.15) is 17.2 Å². The molecule has 4 N–H and O–H groups in total. The smallest absolute Gasteiger partial charge is 0.157 e. The number of phenols is 3. The molecule has 6 heteroatoms. The van der Waals surface area contributed by atoms with Crippen LogP contribution in [0.25, 0.3) is 0 Å². The van der Waals surface area contributed by atoms with Gasteiger partial charge in [0.25, 0.3) is 0 Å². The van der Waals surface area contributed by atoms with Gasteiger partial charge in [0.15, 0.2) is 12.6 Å². The minimum Gasteiger partial charge on any atom is -0.507 e. The second kappa shape index (κ2) is 7.97. The van der Waals surface area contributed by atoms with Crippen molar-refractivity contribution in [3.63, 3.8) is 0 Å². The van der Waals surface area contributed by atoms with E-state index in [1.54, 1.807) is 0 Å².